The van der Waals surface area contributed by atoms with E-state index in [4.69, 9.17) is 23.8 Å². The van der Waals surface area contributed by atoms with Crippen molar-refractivity contribution in [1.82, 2.24) is 15.7 Å². The van der Waals surface area contributed by atoms with Gasteiger partial charge in [-0.15, -0.1) is 0 Å². The fourth-order valence-corrected chi connectivity index (χ4v) is 9.62. The maximum Gasteiger partial charge on any atom is 0.407 e. The average molecular weight is 1080 g/mol. The third kappa shape index (κ3) is 13.5. The van der Waals surface area contributed by atoms with E-state index in [9.17, 15) is 42.3 Å². The highest BCUT2D eigenvalue weighted by atomic mass is 19.1. The van der Waals surface area contributed by atoms with Crippen LogP contribution in [0.1, 0.15) is 127 Å². The lowest BCUT2D eigenvalue weighted by atomic mass is 9.98. The van der Waals surface area contributed by atoms with Gasteiger partial charge in [0.2, 0.25) is 0 Å². The number of nitrogens with one attached hydrogen (secondary N) is 2. The average Bonchev–Trinajstić information content (AvgIpc) is 4.25. The Kier molecular flexibility index (Phi) is 17.1. The summed E-state index contributed by atoms with van der Waals surface area (Å²) < 4.78 is 50.0. The van der Waals surface area contributed by atoms with E-state index in [2.05, 4.69) is 10.6 Å². The number of benzene rings is 6. The molecule has 6 aromatic rings. The van der Waals surface area contributed by atoms with Crippen LogP contribution in [0.4, 0.5) is 18.4 Å². The molecule has 15 nitrogen and oxygen atoms in total. The monoisotopic (exact) mass is 1080 g/mol. The van der Waals surface area contributed by atoms with Gasteiger partial charge in [0.15, 0.2) is 0 Å². The zero-order valence-electron chi connectivity index (χ0n) is 44.9. The minimum Gasteiger partial charge on any atom is -0.458 e. The topological polar surface area (TPSA) is 193 Å². The Hall–Kier alpha value is -8.73. The first-order chi connectivity index (χ1) is 37.6. The van der Waals surface area contributed by atoms with Crippen molar-refractivity contribution in [1.29, 1.82) is 0 Å². The quantitative estimate of drug-likeness (QED) is 0.0562. The van der Waals surface area contributed by atoms with Gasteiger partial charge < -0.3 is 34.4 Å². The molecular weight excluding hydrogens is 1020 g/mol. The van der Waals surface area contributed by atoms with Crippen molar-refractivity contribution in [2.24, 2.45) is 0 Å². The number of nitrogens with zero attached hydrogens (tertiary/aromatic N) is 1. The second-order valence-electron chi connectivity index (χ2n) is 21.3. The van der Waals surface area contributed by atoms with Gasteiger partial charge in [-0.1, -0.05) is 114 Å². The van der Waals surface area contributed by atoms with Crippen molar-refractivity contribution < 1.29 is 66.1 Å². The van der Waals surface area contributed by atoms with Gasteiger partial charge in [-0.2, -0.15) is 0 Å². The van der Waals surface area contributed by atoms with E-state index in [-0.39, 0.29) is 61.0 Å². The van der Waals surface area contributed by atoms with Gasteiger partial charge in [-0.3, -0.25) is 9.59 Å². The lowest BCUT2D eigenvalue weighted by molar-refractivity contribution is -0.169. The highest BCUT2D eigenvalue weighted by Crippen LogP contribution is 2.46. The molecule has 0 aromatic heterocycles. The molecule has 4 amide bonds. The van der Waals surface area contributed by atoms with E-state index in [1.54, 1.807) is 53.7 Å². The number of hydroxylamine groups is 2. The van der Waals surface area contributed by atoms with Crippen LogP contribution < -0.4 is 10.6 Å². The van der Waals surface area contributed by atoms with Crippen LogP contribution in [0.2, 0.25) is 0 Å². The molecule has 0 unspecified atom stereocenters. The molecule has 0 spiro atoms. The summed E-state index contributed by atoms with van der Waals surface area (Å²) in [5, 5.41) is 5.50. The van der Waals surface area contributed by atoms with Gasteiger partial charge in [-0.05, 0) is 142 Å². The van der Waals surface area contributed by atoms with Gasteiger partial charge in [0.25, 0.3) is 11.8 Å². The Balaban J connectivity index is 0.000000210. The largest absolute Gasteiger partial charge is 0.458 e. The van der Waals surface area contributed by atoms with Crippen molar-refractivity contribution in [3.63, 3.8) is 0 Å². The smallest absolute Gasteiger partial charge is 0.407 e. The molecule has 2 N–H and O–H groups in total. The summed E-state index contributed by atoms with van der Waals surface area (Å²) in [6, 6.07) is 38.0. The first kappa shape index (κ1) is 56.5. The van der Waals surface area contributed by atoms with Crippen LogP contribution >= 0.6 is 0 Å². The van der Waals surface area contributed by atoms with Crippen LogP contribution in [-0.4, -0.2) is 83.5 Å². The lowest BCUT2D eigenvalue weighted by Gasteiger charge is -2.25. The molecule has 1 aliphatic heterocycles. The summed E-state index contributed by atoms with van der Waals surface area (Å²) in [6.45, 7) is 11.7. The minimum absolute atomic E-state index is 0.0304. The number of ether oxygens (including phenoxy) is 4. The lowest BCUT2D eigenvalue weighted by Crippen LogP contribution is -2.45. The van der Waals surface area contributed by atoms with Gasteiger partial charge in [0, 0.05) is 17.4 Å². The summed E-state index contributed by atoms with van der Waals surface area (Å²) in [4.78, 5) is 94.1. The Morgan fingerprint density at radius 3 is 1.24 bits per heavy atom. The third-order valence-corrected chi connectivity index (χ3v) is 13.3. The van der Waals surface area contributed by atoms with Crippen LogP contribution in [0, 0.1) is 18.6 Å². The third-order valence-electron chi connectivity index (χ3n) is 13.3. The molecule has 3 aliphatic rings. The summed E-state index contributed by atoms with van der Waals surface area (Å²) in [7, 11) is 0. The van der Waals surface area contributed by atoms with Crippen molar-refractivity contribution in [3.05, 3.63) is 190 Å². The second kappa shape index (κ2) is 23.9. The minimum atomic E-state index is -1.25. The number of carbonyl (C=O) groups is 7. The van der Waals surface area contributed by atoms with E-state index in [1.165, 1.54) is 31.2 Å². The van der Waals surface area contributed by atoms with Crippen LogP contribution in [0.25, 0.3) is 22.3 Å². The number of hydrogen-bond acceptors (Lipinski definition) is 12. The molecule has 2 aliphatic carbocycles. The summed E-state index contributed by atoms with van der Waals surface area (Å²) in [6.07, 6.45) is -2.01. The molecule has 0 saturated heterocycles. The SMILES string of the molecule is CC(C)(C)OC(=O)[C@H](CCC(=O)ON1C(=O)c2ccccc2C1=O)NC(=O)OCC1c2ccccc2-c2ccccc21.Cc1c(F)cc(CC[C@H](NC(=O)OCC2c3ccccc3-c3ccccc32)C(=O)OC(C)(C)C)cc1F. The van der Waals surface area contributed by atoms with E-state index < -0.39 is 83.2 Å². The van der Waals surface area contributed by atoms with Crippen molar-refractivity contribution in [2.45, 2.75) is 109 Å². The van der Waals surface area contributed by atoms with Crippen molar-refractivity contribution >= 4 is 41.9 Å². The first-order valence-corrected chi connectivity index (χ1v) is 25.9. The van der Waals surface area contributed by atoms with Crippen molar-refractivity contribution in [3.8, 4) is 22.3 Å². The Bertz CT molecular complexity index is 3180. The van der Waals surface area contributed by atoms with Crippen LogP contribution in [0.3, 0.4) is 0 Å². The Morgan fingerprint density at radius 1 is 0.532 bits per heavy atom. The molecule has 0 fully saturated rings. The number of aryl methyl sites for hydroxylation is 1. The maximum absolute atomic E-state index is 14.0. The molecule has 0 saturated carbocycles. The number of hydrogen-bond donors (Lipinski definition) is 2. The zero-order chi connectivity index (χ0) is 56.8. The standard InChI is InChI=1S/C32H30N2O8.C30H31F2NO4/c1-32(2,3)41-30(38)26(16-17-27(35)42-34-28(36)23-14-8-9-15-24(23)29(34)37)33-31(39)40-18-25-21-12-6-4-10-19(21)20-11-5-7-13-22(20)25;1-18-25(31)15-19(16-26(18)32)13-14-27(28(34)37-30(2,3)4)33-29(35)36-17-24-22-11-7-5-9-20(22)21-10-6-8-12-23(21)24/h4-15,25-26H,16-18H2,1-3H3,(H,33,39);5-12,15-16,24,27H,13-14,17H2,1-4H3,(H,33,35)/t26-;27-/m00/s1. The fraction of sp³-hybridized carbons (Fsp3) is 0.306. The van der Waals surface area contributed by atoms with Gasteiger partial charge in [-0.25, -0.2) is 32.8 Å². The predicted molar refractivity (Wildman–Crippen MR) is 287 cm³/mol. The predicted octanol–water partition coefficient (Wildman–Crippen LogP) is 11.2. The number of fused-ring (bicyclic) bond motifs is 7. The highest BCUT2D eigenvalue weighted by molar-refractivity contribution is 6.20. The molecule has 6 aromatic carbocycles. The van der Waals surface area contributed by atoms with E-state index in [1.807, 2.05) is 97.1 Å². The summed E-state index contributed by atoms with van der Waals surface area (Å²) >= 11 is 0. The number of esters is 2. The molecule has 79 heavy (non-hydrogen) atoms. The number of carbonyl (C=O) groups excluding carboxylic acids is 7. The highest BCUT2D eigenvalue weighted by Gasteiger charge is 2.39. The normalized spacial score (nSPS) is 14.0. The molecule has 2 atom stereocenters. The van der Waals surface area contributed by atoms with Crippen LogP contribution in [-0.2, 0) is 44.6 Å². The maximum atomic E-state index is 14.0. The number of imide groups is 1. The van der Waals surface area contributed by atoms with E-state index >= 15 is 0 Å². The molecular formula is C62H61F2N3O12. The number of halogens is 2. The van der Waals surface area contributed by atoms with Crippen LogP contribution in [0.5, 0.6) is 0 Å². The first-order valence-electron chi connectivity index (χ1n) is 25.9. The number of alkyl carbamates (subject to hydrolysis) is 2. The second-order valence-corrected chi connectivity index (χ2v) is 21.3. The van der Waals surface area contributed by atoms with Gasteiger partial charge in [0.1, 0.15) is 48.1 Å². The zero-order valence-corrected chi connectivity index (χ0v) is 44.9. The summed E-state index contributed by atoms with van der Waals surface area (Å²) in [5.41, 5.74) is 7.50. The molecule has 1 heterocycles. The fourth-order valence-electron chi connectivity index (χ4n) is 9.62. The van der Waals surface area contributed by atoms with Gasteiger partial charge in [0.05, 0.1) is 17.5 Å². The molecule has 0 bridgehead atoms. The van der Waals surface area contributed by atoms with E-state index in [0.717, 1.165) is 44.5 Å². The van der Waals surface area contributed by atoms with Gasteiger partial charge >= 0.3 is 30.1 Å². The number of amides is 4. The van der Waals surface area contributed by atoms with Crippen molar-refractivity contribution in [2.75, 3.05) is 13.2 Å². The molecule has 410 valence electrons. The molecule has 17 heteroatoms. The number of rotatable bonds is 15. The van der Waals surface area contributed by atoms with Crippen LogP contribution in [0.15, 0.2) is 133 Å². The summed E-state index contributed by atoms with van der Waals surface area (Å²) in [5.74, 6) is -5.50. The Morgan fingerprint density at radius 2 is 0.873 bits per heavy atom. The Labute approximate surface area is 456 Å². The molecule has 9 rings (SSSR count). The van der Waals surface area contributed by atoms with E-state index in [0.29, 0.717) is 10.6 Å². The molecule has 0 radical (unpaired) electrons.